The summed E-state index contributed by atoms with van der Waals surface area (Å²) in [5, 5.41) is 5.11. The lowest BCUT2D eigenvalue weighted by Crippen LogP contribution is -2.18. The Balaban J connectivity index is 2.61. The van der Waals surface area contributed by atoms with E-state index in [-0.39, 0.29) is 10.3 Å². The molecule has 0 spiro atoms. The number of nitrogens with zero attached hydrogens (tertiary/aromatic N) is 1. The van der Waals surface area contributed by atoms with Crippen LogP contribution in [0.5, 0.6) is 0 Å². The SMILES string of the molecule is CC1(c2ncccc2S(N)(=O)=O)CC1. The van der Waals surface area contributed by atoms with Gasteiger partial charge in [-0.1, -0.05) is 6.92 Å². The molecule has 0 radical (unpaired) electrons. The number of rotatable bonds is 2. The van der Waals surface area contributed by atoms with E-state index in [4.69, 9.17) is 5.14 Å². The largest absolute Gasteiger partial charge is 0.259 e. The van der Waals surface area contributed by atoms with Crippen LogP contribution in [0.25, 0.3) is 0 Å². The van der Waals surface area contributed by atoms with Gasteiger partial charge in [0.2, 0.25) is 10.0 Å². The Hall–Kier alpha value is -0.940. The topological polar surface area (TPSA) is 73.0 Å². The van der Waals surface area contributed by atoms with E-state index in [9.17, 15) is 8.42 Å². The minimum Gasteiger partial charge on any atom is -0.259 e. The van der Waals surface area contributed by atoms with Crippen LogP contribution in [-0.4, -0.2) is 13.4 Å². The predicted octanol–water partition coefficient (Wildman–Crippen LogP) is 0.781. The maximum atomic E-state index is 11.3. The fourth-order valence-corrected chi connectivity index (χ4v) is 2.33. The number of sulfonamides is 1. The van der Waals surface area contributed by atoms with Crippen molar-refractivity contribution in [1.29, 1.82) is 0 Å². The van der Waals surface area contributed by atoms with Gasteiger partial charge in [0.1, 0.15) is 4.90 Å². The lowest BCUT2D eigenvalue weighted by atomic mass is 10.1. The van der Waals surface area contributed by atoms with Crippen LogP contribution in [0.4, 0.5) is 0 Å². The van der Waals surface area contributed by atoms with Gasteiger partial charge in [0.05, 0.1) is 5.69 Å². The summed E-state index contributed by atoms with van der Waals surface area (Å²) in [6, 6.07) is 3.11. The lowest BCUT2D eigenvalue weighted by molar-refractivity contribution is 0.592. The zero-order valence-electron chi connectivity index (χ0n) is 7.90. The van der Waals surface area contributed by atoms with Gasteiger partial charge in [0, 0.05) is 11.6 Å². The normalized spacial score (nSPS) is 19.3. The summed E-state index contributed by atoms with van der Waals surface area (Å²) in [6.45, 7) is 2.00. The van der Waals surface area contributed by atoms with Crippen molar-refractivity contribution >= 4 is 10.0 Å². The molecule has 2 N–H and O–H groups in total. The highest BCUT2D eigenvalue weighted by molar-refractivity contribution is 7.89. The van der Waals surface area contributed by atoms with Gasteiger partial charge < -0.3 is 0 Å². The number of hydrogen-bond donors (Lipinski definition) is 1. The maximum absolute atomic E-state index is 11.3. The fourth-order valence-electron chi connectivity index (χ4n) is 1.50. The molecule has 1 aliphatic rings. The van der Waals surface area contributed by atoms with E-state index in [1.807, 2.05) is 6.92 Å². The Bertz CT molecular complexity index is 463. The second-order valence-electron chi connectivity index (χ2n) is 3.96. The molecule has 1 heterocycles. The molecular weight excluding hydrogens is 200 g/mol. The van der Waals surface area contributed by atoms with Gasteiger partial charge in [0.25, 0.3) is 0 Å². The highest BCUT2D eigenvalue weighted by Gasteiger charge is 2.43. The first-order chi connectivity index (χ1) is 6.43. The molecule has 0 amide bonds. The molecule has 0 atom stereocenters. The summed E-state index contributed by atoms with van der Waals surface area (Å²) < 4.78 is 22.5. The first kappa shape index (κ1) is 9.61. The highest BCUT2D eigenvalue weighted by Crippen LogP contribution is 2.48. The molecule has 5 heteroatoms. The van der Waals surface area contributed by atoms with Gasteiger partial charge in [-0.3, -0.25) is 4.98 Å². The Morgan fingerprint density at radius 3 is 2.64 bits per heavy atom. The van der Waals surface area contributed by atoms with E-state index in [2.05, 4.69) is 4.98 Å². The molecule has 76 valence electrons. The Morgan fingerprint density at radius 1 is 1.50 bits per heavy atom. The summed E-state index contributed by atoms with van der Waals surface area (Å²) in [6.07, 6.45) is 3.56. The van der Waals surface area contributed by atoms with Crippen LogP contribution in [0, 0.1) is 0 Å². The third-order valence-electron chi connectivity index (χ3n) is 2.65. The third kappa shape index (κ3) is 1.53. The summed E-state index contributed by atoms with van der Waals surface area (Å²) >= 11 is 0. The van der Waals surface area contributed by atoms with Gasteiger partial charge >= 0.3 is 0 Å². The molecule has 2 rings (SSSR count). The van der Waals surface area contributed by atoms with E-state index in [1.165, 1.54) is 6.07 Å². The van der Waals surface area contributed by atoms with Crippen molar-refractivity contribution in [2.45, 2.75) is 30.1 Å². The van der Waals surface area contributed by atoms with Crippen molar-refractivity contribution in [3.05, 3.63) is 24.0 Å². The molecule has 0 bridgehead atoms. The molecule has 0 aliphatic heterocycles. The van der Waals surface area contributed by atoms with Crippen molar-refractivity contribution in [2.24, 2.45) is 5.14 Å². The molecule has 1 fully saturated rings. The van der Waals surface area contributed by atoms with E-state index in [0.29, 0.717) is 5.69 Å². The molecule has 1 aromatic rings. The average Bonchev–Trinajstić information content (AvgIpc) is 2.84. The Morgan fingerprint density at radius 2 is 2.14 bits per heavy atom. The van der Waals surface area contributed by atoms with Crippen molar-refractivity contribution in [3.8, 4) is 0 Å². The second-order valence-corrected chi connectivity index (χ2v) is 5.49. The van der Waals surface area contributed by atoms with Crippen molar-refractivity contribution in [1.82, 2.24) is 4.98 Å². The summed E-state index contributed by atoms with van der Waals surface area (Å²) in [7, 11) is -3.64. The van der Waals surface area contributed by atoms with Gasteiger partial charge in [-0.15, -0.1) is 0 Å². The fraction of sp³-hybridized carbons (Fsp3) is 0.444. The first-order valence-corrected chi connectivity index (χ1v) is 5.96. The molecule has 1 aromatic heterocycles. The molecule has 0 saturated heterocycles. The van der Waals surface area contributed by atoms with Crippen LogP contribution in [-0.2, 0) is 15.4 Å². The van der Waals surface area contributed by atoms with Gasteiger partial charge in [-0.05, 0) is 25.0 Å². The number of primary sulfonamides is 1. The first-order valence-electron chi connectivity index (χ1n) is 4.42. The van der Waals surface area contributed by atoms with Crippen LogP contribution < -0.4 is 5.14 Å². The highest BCUT2D eigenvalue weighted by atomic mass is 32.2. The van der Waals surface area contributed by atoms with Gasteiger partial charge in [-0.25, -0.2) is 13.6 Å². The van der Waals surface area contributed by atoms with Crippen molar-refractivity contribution in [3.63, 3.8) is 0 Å². The third-order valence-corrected chi connectivity index (χ3v) is 3.59. The van der Waals surface area contributed by atoms with Crippen LogP contribution in [0.3, 0.4) is 0 Å². The number of nitrogens with two attached hydrogens (primary N) is 1. The number of pyridine rings is 1. The van der Waals surface area contributed by atoms with Crippen LogP contribution >= 0.6 is 0 Å². The molecule has 1 saturated carbocycles. The van der Waals surface area contributed by atoms with E-state index >= 15 is 0 Å². The van der Waals surface area contributed by atoms with Crippen LogP contribution in [0.15, 0.2) is 23.2 Å². The zero-order valence-corrected chi connectivity index (χ0v) is 8.71. The van der Waals surface area contributed by atoms with Crippen LogP contribution in [0.1, 0.15) is 25.5 Å². The van der Waals surface area contributed by atoms with Crippen molar-refractivity contribution in [2.75, 3.05) is 0 Å². The minimum atomic E-state index is -3.64. The van der Waals surface area contributed by atoms with Crippen molar-refractivity contribution < 1.29 is 8.42 Å². The summed E-state index contributed by atoms with van der Waals surface area (Å²) in [4.78, 5) is 4.29. The predicted molar refractivity (Wildman–Crippen MR) is 52.2 cm³/mol. The molecule has 0 aromatic carbocycles. The average molecular weight is 212 g/mol. The minimum absolute atomic E-state index is 0.0803. The summed E-state index contributed by atoms with van der Waals surface area (Å²) in [5.41, 5.74) is 0.533. The second kappa shape index (κ2) is 2.77. The molecule has 0 unspecified atom stereocenters. The molecule has 1 aliphatic carbocycles. The van der Waals surface area contributed by atoms with Gasteiger partial charge in [0.15, 0.2) is 0 Å². The standard InChI is InChI=1S/C9H12N2O2S/c1-9(4-5-9)8-7(14(10,12)13)3-2-6-11-8/h2-3,6H,4-5H2,1H3,(H2,10,12,13). The maximum Gasteiger partial charge on any atom is 0.239 e. The zero-order chi connectivity index (χ0) is 10.4. The Labute approximate surface area is 83.2 Å². The molecule has 4 nitrogen and oxygen atoms in total. The molecule has 14 heavy (non-hydrogen) atoms. The van der Waals surface area contributed by atoms with E-state index in [0.717, 1.165) is 12.8 Å². The number of hydrogen-bond acceptors (Lipinski definition) is 3. The van der Waals surface area contributed by atoms with Gasteiger partial charge in [-0.2, -0.15) is 0 Å². The quantitative estimate of drug-likeness (QED) is 0.787. The monoisotopic (exact) mass is 212 g/mol. The summed E-state index contributed by atoms with van der Waals surface area (Å²) in [5.74, 6) is 0. The van der Waals surface area contributed by atoms with E-state index in [1.54, 1.807) is 12.3 Å². The smallest absolute Gasteiger partial charge is 0.239 e. The van der Waals surface area contributed by atoms with Crippen LogP contribution in [0.2, 0.25) is 0 Å². The van der Waals surface area contributed by atoms with E-state index < -0.39 is 10.0 Å². The molecular formula is C9H12N2O2S. The number of aromatic nitrogens is 1. The lowest BCUT2D eigenvalue weighted by Gasteiger charge is -2.11. The Kier molecular flexibility index (Phi) is 1.90.